The fraction of sp³-hybridized carbons (Fsp3) is 0.529. The van der Waals surface area contributed by atoms with E-state index in [2.05, 4.69) is 17.0 Å². The first-order valence-corrected chi connectivity index (χ1v) is 8.13. The van der Waals surface area contributed by atoms with Gasteiger partial charge in [-0.1, -0.05) is 6.07 Å². The molecule has 0 unspecified atom stereocenters. The number of carbonyl (C=O) groups excluding carboxylic acids is 1. The third-order valence-corrected chi connectivity index (χ3v) is 4.92. The Labute approximate surface area is 135 Å². The van der Waals surface area contributed by atoms with Gasteiger partial charge in [-0.15, -0.1) is 0 Å². The molecule has 2 aliphatic heterocycles. The van der Waals surface area contributed by atoms with Gasteiger partial charge >= 0.3 is 0 Å². The molecule has 1 amide bonds. The third kappa shape index (κ3) is 2.62. The molecule has 2 aliphatic rings. The molecule has 2 saturated heterocycles. The molecule has 2 aromatic rings. The number of pyridine rings is 1. The molecular formula is C17H22N4O2. The summed E-state index contributed by atoms with van der Waals surface area (Å²) in [6.45, 7) is 5.91. The second kappa shape index (κ2) is 5.62. The van der Waals surface area contributed by atoms with Gasteiger partial charge in [0, 0.05) is 31.7 Å². The highest BCUT2D eigenvalue weighted by molar-refractivity contribution is 6.00. The van der Waals surface area contributed by atoms with Gasteiger partial charge in [0.1, 0.15) is 0 Å². The molecule has 6 heteroatoms. The predicted octanol–water partition coefficient (Wildman–Crippen LogP) is 1.05. The Morgan fingerprint density at radius 3 is 3.00 bits per heavy atom. The van der Waals surface area contributed by atoms with Gasteiger partial charge in [0.05, 0.1) is 36.5 Å². The van der Waals surface area contributed by atoms with Crippen molar-refractivity contribution in [1.29, 1.82) is 0 Å². The molecule has 0 N–H and O–H groups in total. The standard InChI is InChI=1S/C17H22N4O2/c1-12-3-4-16-15(5-18-21(16)6-12)17(22)20-8-13-7-19(2)14(9-20)11-23-10-13/h3-6,13-14H,7-11H2,1-2H3/t13-,14+/m1/s1. The van der Waals surface area contributed by atoms with Crippen molar-refractivity contribution < 1.29 is 9.53 Å². The van der Waals surface area contributed by atoms with Crippen LogP contribution in [0.1, 0.15) is 15.9 Å². The Morgan fingerprint density at radius 1 is 1.26 bits per heavy atom. The topological polar surface area (TPSA) is 50.1 Å². The second-order valence-corrected chi connectivity index (χ2v) is 6.80. The molecule has 0 radical (unpaired) electrons. The summed E-state index contributed by atoms with van der Waals surface area (Å²) in [6, 6.07) is 4.27. The molecule has 2 aromatic heterocycles. The first-order valence-electron chi connectivity index (χ1n) is 8.13. The molecule has 2 bridgehead atoms. The number of nitrogens with zero attached hydrogens (tertiary/aromatic N) is 4. The van der Waals surface area contributed by atoms with Crippen molar-refractivity contribution in [3.8, 4) is 0 Å². The van der Waals surface area contributed by atoms with Gasteiger partial charge in [-0.3, -0.25) is 9.69 Å². The van der Waals surface area contributed by atoms with Crippen molar-refractivity contribution in [2.45, 2.75) is 13.0 Å². The van der Waals surface area contributed by atoms with E-state index in [1.54, 1.807) is 10.7 Å². The summed E-state index contributed by atoms with van der Waals surface area (Å²) in [7, 11) is 2.12. The monoisotopic (exact) mass is 314 g/mol. The van der Waals surface area contributed by atoms with Crippen LogP contribution in [0.3, 0.4) is 0 Å². The summed E-state index contributed by atoms with van der Waals surface area (Å²) in [6.07, 6.45) is 3.64. The molecule has 2 atom stereocenters. The Kier molecular flexibility index (Phi) is 3.58. The van der Waals surface area contributed by atoms with Crippen LogP contribution in [0.2, 0.25) is 0 Å². The summed E-state index contributed by atoms with van der Waals surface area (Å²) in [5.41, 5.74) is 2.69. The van der Waals surface area contributed by atoms with Gasteiger partial charge < -0.3 is 9.64 Å². The number of likely N-dealkylation sites (N-methyl/N-ethyl adjacent to an activating group) is 1. The van der Waals surface area contributed by atoms with Gasteiger partial charge in [-0.25, -0.2) is 4.52 Å². The molecule has 4 rings (SSSR count). The minimum atomic E-state index is 0.0797. The maximum atomic E-state index is 13.1. The van der Waals surface area contributed by atoms with Crippen LogP contribution in [0.5, 0.6) is 0 Å². The predicted molar refractivity (Wildman–Crippen MR) is 86.6 cm³/mol. The largest absolute Gasteiger partial charge is 0.379 e. The third-order valence-electron chi connectivity index (χ3n) is 4.92. The summed E-state index contributed by atoms with van der Waals surface area (Å²) >= 11 is 0. The quantitative estimate of drug-likeness (QED) is 0.789. The van der Waals surface area contributed by atoms with Crippen molar-refractivity contribution in [2.75, 3.05) is 39.9 Å². The van der Waals surface area contributed by atoms with Gasteiger partial charge in [0.15, 0.2) is 0 Å². The van der Waals surface area contributed by atoms with Crippen LogP contribution in [0.15, 0.2) is 24.5 Å². The number of rotatable bonds is 1. The van der Waals surface area contributed by atoms with Crippen molar-refractivity contribution >= 4 is 11.4 Å². The number of hydrogen-bond donors (Lipinski definition) is 0. The van der Waals surface area contributed by atoms with Gasteiger partial charge in [0.25, 0.3) is 5.91 Å². The lowest BCUT2D eigenvalue weighted by Crippen LogP contribution is -2.44. The fourth-order valence-electron chi connectivity index (χ4n) is 3.64. The van der Waals surface area contributed by atoms with Gasteiger partial charge in [-0.05, 0) is 25.6 Å². The van der Waals surface area contributed by atoms with Gasteiger partial charge in [0.2, 0.25) is 0 Å². The summed E-state index contributed by atoms with van der Waals surface area (Å²) in [5.74, 6) is 0.455. The zero-order valence-corrected chi connectivity index (χ0v) is 13.6. The number of amides is 1. The van der Waals surface area contributed by atoms with E-state index in [0.717, 1.165) is 37.3 Å². The summed E-state index contributed by atoms with van der Waals surface area (Å²) < 4.78 is 7.53. The zero-order valence-electron chi connectivity index (χ0n) is 13.6. The highest BCUT2D eigenvalue weighted by Crippen LogP contribution is 2.21. The molecule has 23 heavy (non-hydrogen) atoms. The fourth-order valence-corrected chi connectivity index (χ4v) is 3.64. The zero-order chi connectivity index (χ0) is 16.0. The molecule has 6 nitrogen and oxygen atoms in total. The lowest BCUT2D eigenvalue weighted by atomic mass is 10.1. The molecule has 0 saturated carbocycles. The average Bonchev–Trinajstić information content (AvgIpc) is 2.74. The number of ether oxygens (including phenoxy) is 1. The van der Waals surface area contributed by atoms with Crippen LogP contribution >= 0.6 is 0 Å². The number of aryl methyl sites for hydroxylation is 1. The van der Waals surface area contributed by atoms with E-state index < -0.39 is 0 Å². The molecule has 122 valence electrons. The van der Waals surface area contributed by atoms with E-state index in [-0.39, 0.29) is 11.9 Å². The summed E-state index contributed by atoms with van der Waals surface area (Å²) in [5, 5.41) is 4.34. The lowest BCUT2D eigenvalue weighted by Gasteiger charge is -2.29. The van der Waals surface area contributed by atoms with E-state index in [4.69, 9.17) is 4.74 Å². The number of fused-ring (bicyclic) bond motifs is 4. The van der Waals surface area contributed by atoms with Crippen LogP contribution in [0, 0.1) is 12.8 Å². The molecule has 0 spiro atoms. The van der Waals surface area contributed by atoms with E-state index in [0.29, 0.717) is 18.1 Å². The number of hydrogen-bond acceptors (Lipinski definition) is 4. The lowest BCUT2D eigenvalue weighted by molar-refractivity contribution is 0.0435. The van der Waals surface area contributed by atoms with Crippen molar-refractivity contribution in [1.82, 2.24) is 19.4 Å². The maximum Gasteiger partial charge on any atom is 0.257 e. The molecule has 0 aliphatic carbocycles. The molecular weight excluding hydrogens is 292 g/mol. The van der Waals surface area contributed by atoms with E-state index in [1.165, 1.54) is 0 Å². The first kappa shape index (κ1) is 14.7. The second-order valence-electron chi connectivity index (χ2n) is 6.80. The highest BCUT2D eigenvalue weighted by Gasteiger charge is 2.34. The van der Waals surface area contributed by atoms with E-state index in [1.807, 2.05) is 30.2 Å². The Morgan fingerprint density at radius 2 is 2.13 bits per heavy atom. The van der Waals surface area contributed by atoms with Crippen LogP contribution < -0.4 is 0 Å². The molecule has 4 heterocycles. The SMILES string of the molecule is Cc1ccc2c(C(=O)N3C[C@@H]4COC[C@H](C3)N(C)C4)cnn2c1. The minimum Gasteiger partial charge on any atom is -0.379 e. The smallest absolute Gasteiger partial charge is 0.257 e. The summed E-state index contributed by atoms with van der Waals surface area (Å²) in [4.78, 5) is 17.4. The first-order chi connectivity index (χ1) is 11.1. The Bertz CT molecular complexity index is 741. The molecule has 2 fully saturated rings. The average molecular weight is 314 g/mol. The number of carbonyl (C=O) groups is 1. The van der Waals surface area contributed by atoms with E-state index >= 15 is 0 Å². The van der Waals surface area contributed by atoms with Gasteiger partial charge in [-0.2, -0.15) is 5.10 Å². The number of aromatic nitrogens is 2. The van der Waals surface area contributed by atoms with E-state index in [9.17, 15) is 4.79 Å². The van der Waals surface area contributed by atoms with Crippen molar-refractivity contribution in [3.63, 3.8) is 0 Å². The van der Waals surface area contributed by atoms with Crippen LogP contribution in [-0.4, -0.2) is 71.3 Å². The minimum absolute atomic E-state index is 0.0797. The highest BCUT2D eigenvalue weighted by atomic mass is 16.5. The van der Waals surface area contributed by atoms with Crippen LogP contribution in [0.4, 0.5) is 0 Å². The Hall–Kier alpha value is -1.92. The Balaban J connectivity index is 1.65. The van der Waals surface area contributed by atoms with Crippen molar-refractivity contribution in [2.24, 2.45) is 5.92 Å². The molecule has 0 aromatic carbocycles. The normalized spacial score (nSPS) is 25.6. The van der Waals surface area contributed by atoms with Crippen molar-refractivity contribution in [3.05, 3.63) is 35.7 Å². The van der Waals surface area contributed by atoms with Crippen LogP contribution in [0.25, 0.3) is 5.52 Å². The maximum absolute atomic E-state index is 13.1. The van der Waals surface area contributed by atoms with Crippen LogP contribution in [-0.2, 0) is 4.74 Å².